The molecule has 6 heteroatoms. The van der Waals surface area contributed by atoms with Crippen LogP contribution in [0.3, 0.4) is 0 Å². The number of aryl methyl sites for hydroxylation is 2. The highest BCUT2D eigenvalue weighted by atomic mass is 35.5. The molecule has 1 aromatic carbocycles. The standard InChI is InChI=1S/C14H15ClF2N2O/c1-3-19-12(14(15)8(2)18-19)7-13(20)10-5-4-9(16)6-11(10)17/h4-6,13,20H,3,7H2,1-2H3. The molecule has 2 aromatic rings. The van der Waals surface area contributed by atoms with E-state index in [1.165, 1.54) is 6.07 Å². The van der Waals surface area contributed by atoms with Crippen LogP contribution in [0, 0.1) is 18.6 Å². The Balaban J connectivity index is 2.30. The monoisotopic (exact) mass is 300 g/mol. The van der Waals surface area contributed by atoms with Crippen molar-refractivity contribution in [2.45, 2.75) is 32.9 Å². The van der Waals surface area contributed by atoms with E-state index in [4.69, 9.17) is 11.6 Å². The van der Waals surface area contributed by atoms with Crippen LogP contribution < -0.4 is 0 Å². The van der Waals surface area contributed by atoms with Crippen LogP contribution in [0.1, 0.15) is 30.0 Å². The van der Waals surface area contributed by atoms with Gasteiger partial charge in [-0.05, 0) is 19.9 Å². The topological polar surface area (TPSA) is 38.0 Å². The summed E-state index contributed by atoms with van der Waals surface area (Å²) in [4.78, 5) is 0. The Bertz CT molecular complexity index is 628. The summed E-state index contributed by atoms with van der Waals surface area (Å²) in [5.41, 5.74) is 1.35. The second kappa shape index (κ2) is 5.89. The molecule has 108 valence electrons. The van der Waals surface area contributed by atoms with Gasteiger partial charge in [0.1, 0.15) is 11.6 Å². The zero-order valence-corrected chi connectivity index (χ0v) is 12.0. The molecule has 0 radical (unpaired) electrons. The van der Waals surface area contributed by atoms with Crippen molar-refractivity contribution in [2.75, 3.05) is 0 Å². The minimum atomic E-state index is -1.10. The molecule has 1 heterocycles. The van der Waals surface area contributed by atoms with Gasteiger partial charge in [-0.3, -0.25) is 4.68 Å². The molecule has 0 spiro atoms. The third kappa shape index (κ3) is 2.83. The van der Waals surface area contributed by atoms with Gasteiger partial charge >= 0.3 is 0 Å². The average Bonchev–Trinajstić information content (AvgIpc) is 2.66. The Morgan fingerprint density at radius 2 is 2.10 bits per heavy atom. The van der Waals surface area contributed by atoms with Crippen molar-refractivity contribution in [3.63, 3.8) is 0 Å². The second-order valence-electron chi connectivity index (χ2n) is 4.55. The maximum Gasteiger partial charge on any atom is 0.131 e. The first-order valence-corrected chi connectivity index (χ1v) is 6.66. The Hall–Kier alpha value is -1.46. The number of hydrogen-bond donors (Lipinski definition) is 1. The number of nitrogens with zero attached hydrogens (tertiary/aromatic N) is 2. The summed E-state index contributed by atoms with van der Waals surface area (Å²) in [5.74, 6) is -1.45. The molecule has 3 nitrogen and oxygen atoms in total. The molecule has 0 aliphatic rings. The summed E-state index contributed by atoms with van der Waals surface area (Å²) in [6, 6.07) is 3.11. The quantitative estimate of drug-likeness (QED) is 0.939. The largest absolute Gasteiger partial charge is 0.388 e. The van der Waals surface area contributed by atoms with Crippen molar-refractivity contribution in [3.8, 4) is 0 Å². The van der Waals surface area contributed by atoms with Crippen LogP contribution in [0.25, 0.3) is 0 Å². The minimum Gasteiger partial charge on any atom is -0.388 e. The first kappa shape index (κ1) is 14.9. The van der Waals surface area contributed by atoms with E-state index in [1.807, 2.05) is 6.92 Å². The Morgan fingerprint density at radius 3 is 2.70 bits per heavy atom. The second-order valence-corrected chi connectivity index (χ2v) is 4.93. The molecule has 20 heavy (non-hydrogen) atoms. The van der Waals surface area contributed by atoms with Gasteiger partial charge in [-0.2, -0.15) is 5.10 Å². The van der Waals surface area contributed by atoms with Gasteiger partial charge in [-0.15, -0.1) is 0 Å². The lowest BCUT2D eigenvalue weighted by Crippen LogP contribution is -2.10. The van der Waals surface area contributed by atoms with E-state index in [-0.39, 0.29) is 12.0 Å². The van der Waals surface area contributed by atoms with Crippen LogP contribution in [-0.2, 0) is 13.0 Å². The van der Waals surface area contributed by atoms with Gasteiger partial charge < -0.3 is 5.11 Å². The van der Waals surface area contributed by atoms with Crippen molar-refractivity contribution < 1.29 is 13.9 Å². The number of aliphatic hydroxyl groups excluding tert-OH is 1. The Labute approximate surface area is 120 Å². The summed E-state index contributed by atoms with van der Waals surface area (Å²) in [6.07, 6.45) is -0.981. The van der Waals surface area contributed by atoms with Gasteiger partial charge in [-0.25, -0.2) is 8.78 Å². The third-order valence-corrected chi connectivity index (χ3v) is 3.65. The average molecular weight is 301 g/mol. The van der Waals surface area contributed by atoms with Gasteiger partial charge in [0.05, 0.1) is 22.5 Å². The van der Waals surface area contributed by atoms with Gasteiger partial charge in [0, 0.05) is 24.6 Å². The van der Waals surface area contributed by atoms with Crippen LogP contribution in [0.5, 0.6) is 0 Å². The van der Waals surface area contributed by atoms with Crippen LogP contribution in [0.2, 0.25) is 5.02 Å². The fraction of sp³-hybridized carbons (Fsp3) is 0.357. The number of aromatic nitrogens is 2. The Kier molecular flexibility index (Phi) is 4.40. The van der Waals surface area contributed by atoms with E-state index in [0.717, 1.165) is 12.1 Å². The predicted octanol–water partition coefficient (Wildman–Crippen LogP) is 3.42. The van der Waals surface area contributed by atoms with Gasteiger partial charge in [0.2, 0.25) is 0 Å². The molecule has 0 saturated heterocycles. The van der Waals surface area contributed by atoms with Gasteiger partial charge in [0.25, 0.3) is 0 Å². The van der Waals surface area contributed by atoms with Crippen molar-refractivity contribution in [3.05, 3.63) is 51.8 Å². The summed E-state index contributed by atoms with van der Waals surface area (Å²) in [7, 11) is 0. The minimum absolute atomic E-state index is 0.0453. The molecule has 0 amide bonds. The van der Waals surface area contributed by atoms with E-state index >= 15 is 0 Å². The maximum atomic E-state index is 13.6. The fourth-order valence-corrected chi connectivity index (χ4v) is 2.34. The first-order valence-electron chi connectivity index (χ1n) is 6.28. The van der Waals surface area contributed by atoms with Crippen molar-refractivity contribution in [2.24, 2.45) is 0 Å². The summed E-state index contributed by atoms with van der Waals surface area (Å²) >= 11 is 6.14. The van der Waals surface area contributed by atoms with E-state index in [0.29, 0.717) is 23.0 Å². The van der Waals surface area contributed by atoms with E-state index in [2.05, 4.69) is 5.10 Å². The SMILES string of the molecule is CCn1nc(C)c(Cl)c1CC(O)c1ccc(F)cc1F. The molecule has 1 unspecified atom stereocenters. The molecule has 0 saturated carbocycles. The highest BCUT2D eigenvalue weighted by molar-refractivity contribution is 6.31. The van der Waals surface area contributed by atoms with Crippen molar-refractivity contribution >= 4 is 11.6 Å². The lowest BCUT2D eigenvalue weighted by atomic mass is 10.0. The predicted molar refractivity (Wildman–Crippen MR) is 72.7 cm³/mol. The van der Waals surface area contributed by atoms with Gasteiger partial charge in [0.15, 0.2) is 0 Å². The molecular formula is C14H15ClF2N2O. The van der Waals surface area contributed by atoms with Crippen LogP contribution in [-0.4, -0.2) is 14.9 Å². The van der Waals surface area contributed by atoms with Crippen molar-refractivity contribution in [1.82, 2.24) is 9.78 Å². The first-order chi connectivity index (χ1) is 9.43. The smallest absolute Gasteiger partial charge is 0.131 e. The zero-order valence-electron chi connectivity index (χ0n) is 11.2. The maximum absolute atomic E-state index is 13.6. The van der Waals surface area contributed by atoms with E-state index in [9.17, 15) is 13.9 Å². The molecular weight excluding hydrogens is 286 g/mol. The molecule has 0 aliphatic carbocycles. The van der Waals surface area contributed by atoms with Crippen molar-refractivity contribution in [1.29, 1.82) is 0 Å². The molecule has 0 fully saturated rings. The zero-order chi connectivity index (χ0) is 14.9. The fourth-order valence-electron chi connectivity index (χ4n) is 2.13. The Morgan fingerprint density at radius 1 is 1.40 bits per heavy atom. The highest BCUT2D eigenvalue weighted by Gasteiger charge is 2.20. The lowest BCUT2D eigenvalue weighted by molar-refractivity contribution is 0.170. The molecule has 1 aromatic heterocycles. The molecule has 1 atom stereocenters. The van der Waals surface area contributed by atoms with Gasteiger partial charge in [-0.1, -0.05) is 17.7 Å². The number of benzene rings is 1. The van der Waals surface area contributed by atoms with E-state index in [1.54, 1.807) is 11.6 Å². The third-order valence-electron chi connectivity index (χ3n) is 3.16. The van der Waals surface area contributed by atoms with Crippen LogP contribution >= 0.6 is 11.6 Å². The molecule has 0 bridgehead atoms. The van der Waals surface area contributed by atoms with E-state index < -0.39 is 17.7 Å². The highest BCUT2D eigenvalue weighted by Crippen LogP contribution is 2.27. The number of halogens is 3. The number of rotatable bonds is 4. The molecule has 1 N–H and O–H groups in total. The molecule has 2 rings (SSSR count). The molecule has 0 aliphatic heterocycles. The van der Waals surface area contributed by atoms with Crippen LogP contribution in [0.15, 0.2) is 18.2 Å². The number of hydrogen-bond acceptors (Lipinski definition) is 2. The summed E-state index contributed by atoms with van der Waals surface area (Å²) in [5, 5.41) is 14.8. The summed E-state index contributed by atoms with van der Waals surface area (Å²) < 4.78 is 28.2. The van der Waals surface area contributed by atoms with Crippen LogP contribution in [0.4, 0.5) is 8.78 Å². The number of aliphatic hydroxyl groups is 1. The summed E-state index contributed by atoms with van der Waals surface area (Å²) in [6.45, 7) is 4.27. The normalized spacial score (nSPS) is 12.7. The lowest BCUT2D eigenvalue weighted by Gasteiger charge is -2.13.